The molecule has 0 spiro atoms. The lowest BCUT2D eigenvalue weighted by Crippen LogP contribution is -2.35. The molecule has 1 aromatic carbocycles. The van der Waals surface area contributed by atoms with Gasteiger partial charge in [0.1, 0.15) is 11.8 Å². The summed E-state index contributed by atoms with van der Waals surface area (Å²) >= 11 is 1.64. The number of esters is 1. The van der Waals surface area contributed by atoms with Crippen molar-refractivity contribution in [2.45, 2.75) is 18.3 Å². The molecule has 0 bridgehead atoms. The summed E-state index contributed by atoms with van der Waals surface area (Å²) in [7, 11) is 0. The van der Waals surface area contributed by atoms with E-state index in [0.29, 0.717) is 12.4 Å². The van der Waals surface area contributed by atoms with Gasteiger partial charge in [0, 0.05) is 5.75 Å². The number of hydrogen-bond acceptors (Lipinski definition) is 5. The van der Waals surface area contributed by atoms with Crippen molar-refractivity contribution in [1.29, 1.82) is 0 Å². The average molecular weight is 253 g/mol. The van der Waals surface area contributed by atoms with Crippen LogP contribution in [0.4, 0.5) is 0 Å². The lowest BCUT2D eigenvalue weighted by Gasteiger charge is -2.12. The first-order valence-electron chi connectivity index (χ1n) is 5.54. The van der Waals surface area contributed by atoms with Crippen LogP contribution in [0.25, 0.3) is 0 Å². The zero-order chi connectivity index (χ0) is 12.3. The summed E-state index contributed by atoms with van der Waals surface area (Å²) in [6.45, 7) is 2.20. The van der Waals surface area contributed by atoms with Crippen LogP contribution in [0.2, 0.25) is 0 Å². The Balaban J connectivity index is 2.00. The van der Waals surface area contributed by atoms with Crippen LogP contribution in [0.3, 0.4) is 0 Å². The number of nitrogens with one attached hydrogen (secondary N) is 1. The topological polar surface area (TPSA) is 58.6 Å². The van der Waals surface area contributed by atoms with E-state index < -0.39 is 0 Å². The largest absolute Gasteiger partial charge is 0.508 e. The fourth-order valence-electron chi connectivity index (χ4n) is 1.73. The highest BCUT2D eigenvalue weighted by Gasteiger charge is 2.31. The molecule has 2 rings (SSSR count). The first-order valence-corrected chi connectivity index (χ1v) is 6.59. The fraction of sp³-hybridized carbons (Fsp3) is 0.417. The summed E-state index contributed by atoms with van der Waals surface area (Å²) in [5.74, 6) is 0.728. The lowest BCUT2D eigenvalue weighted by molar-refractivity contribution is -0.144. The summed E-state index contributed by atoms with van der Waals surface area (Å²) in [6, 6.07) is 6.81. The van der Waals surface area contributed by atoms with Crippen molar-refractivity contribution in [2.75, 3.05) is 12.4 Å². The van der Waals surface area contributed by atoms with Gasteiger partial charge in [-0.2, -0.15) is 0 Å². The van der Waals surface area contributed by atoms with Gasteiger partial charge in [0.05, 0.1) is 12.0 Å². The zero-order valence-corrected chi connectivity index (χ0v) is 10.4. The Labute approximate surface area is 104 Å². The number of hydrogen-bond donors (Lipinski definition) is 2. The molecular formula is C12H15NO3S. The number of benzene rings is 1. The standard InChI is InChI=1S/C12H15NO3S/c1-2-16-12(15)10-7-17-11(13-10)8-4-3-5-9(14)6-8/h3-6,10-11,13-14H,2,7H2,1H3/t10-,11-/m1/s1. The Hall–Kier alpha value is -1.20. The molecule has 2 atom stereocenters. The van der Waals surface area contributed by atoms with Gasteiger partial charge >= 0.3 is 5.97 Å². The monoisotopic (exact) mass is 253 g/mol. The van der Waals surface area contributed by atoms with Crippen molar-refractivity contribution in [2.24, 2.45) is 0 Å². The maximum Gasteiger partial charge on any atom is 0.324 e. The fourth-order valence-corrected chi connectivity index (χ4v) is 2.95. The van der Waals surface area contributed by atoms with Crippen LogP contribution in [-0.2, 0) is 9.53 Å². The third kappa shape index (κ3) is 2.92. The van der Waals surface area contributed by atoms with Crippen molar-refractivity contribution >= 4 is 17.7 Å². The van der Waals surface area contributed by atoms with E-state index in [4.69, 9.17) is 4.74 Å². The third-order valence-electron chi connectivity index (χ3n) is 2.53. The van der Waals surface area contributed by atoms with Crippen molar-refractivity contribution in [3.63, 3.8) is 0 Å². The molecule has 1 aliphatic rings. The van der Waals surface area contributed by atoms with E-state index in [1.54, 1.807) is 36.9 Å². The Bertz CT molecular complexity index is 410. The van der Waals surface area contributed by atoms with Crippen LogP contribution >= 0.6 is 11.8 Å². The van der Waals surface area contributed by atoms with Gasteiger partial charge in [0.25, 0.3) is 0 Å². The molecule has 1 saturated heterocycles. The predicted octanol–water partition coefficient (Wildman–Crippen LogP) is 1.66. The molecule has 0 amide bonds. The predicted molar refractivity (Wildman–Crippen MR) is 66.9 cm³/mol. The number of phenolic OH excluding ortho intramolecular Hbond substituents is 1. The molecule has 92 valence electrons. The maximum atomic E-state index is 11.5. The summed E-state index contributed by atoms with van der Waals surface area (Å²) in [5.41, 5.74) is 0.974. The molecule has 1 fully saturated rings. The highest BCUT2D eigenvalue weighted by molar-refractivity contribution is 7.99. The smallest absolute Gasteiger partial charge is 0.324 e. The van der Waals surface area contributed by atoms with Gasteiger partial charge in [0.15, 0.2) is 0 Å². The average Bonchev–Trinajstić information content (AvgIpc) is 2.78. The molecule has 0 unspecified atom stereocenters. The lowest BCUT2D eigenvalue weighted by atomic mass is 10.2. The minimum absolute atomic E-state index is 0.0384. The summed E-state index contributed by atoms with van der Waals surface area (Å²) in [5, 5.41) is 12.6. The first-order chi connectivity index (χ1) is 8.20. The molecule has 4 nitrogen and oxygen atoms in total. The van der Waals surface area contributed by atoms with E-state index in [1.807, 2.05) is 6.07 Å². The number of aromatic hydroxyl groups is 1. The quantitative estimate of drug-likeness (QED) is 0.802. The maximum absolute atomic E-state index is 11.5. The summed E-state index contributed by atoms with van der Waals surface area (Å²) in [4.78, 5) is 11.5. The van der Waals surface area contributed by atoms with Crippen molar-refractivity contribution in [3.05, 3.63) is 29.8 Å². The Morgan fingerprint density at radius 3 is 3.18 bits per heavy atom. The van der Waals surface area contributed by atoms with Crippen LogP contribution in [0.5, 0.6) is 5.75 Å². The molecule has 2 N–H and O–H groups in total. The van der Waals surface area contributed by atoms with E-state index in [2.05, 4.69) is 5.32 Å². The van der Waals surface area contributed by atoms with Crippen LogP contribution in [0.15, 0.2) is 24.3 Å². The van der Waals surface area contributed by atoms with Gasteiger partial charge in [-0.15, -0.1) is 11.8 Å². The van der Waals surface area contributed by atoms with Gasteiger partial charge in [0.2, 0.25) is 0 Å². The highest BCUT2D eigenvalue weighted by Crippen LogP contribution is 2.34. The van der Waals surface area contributed by atoms with Crippen LogP contribution < -0.4 is 5.32 Å². The third-order valence-corrected chi connectivity index (χ3v) is 3.79. The van der Waals surface area contributed by atoms with Gasteiger partial charge < -0.3 is 9.84 Å². The van der Waals surface area contributed by atoms with Gasteiger partial charge in [-0.25, -0.2) is 0 Å². The molecule has 0 aliphatic carbocycles. The SMILES string of the molecule is CCOC(=O)[C@H]1CS[C@H](c2cccc(O)c2)N1. The normalized spacial score (nSPS) is 23.6. The van der Waals surface area contributed by atoms with Crippen LogP contribution in [0.1, 0.15) is 17.9 Å². The number of rotatable bonds is 3. The first kappa shape index (κ1) is 12.3. The molecule has 1 aliphatic heterocycles. The van der Waals surface area contributed by atoms with Gasteiger partial charge in [-0.3, -0.25) is 10.1 Å². The molecular weight excluding hydrogens is 238 g/mol. The second-order valence-corrected chi connectivity index (χ2v) is 4.92. The zero-order valence-electron chi connectivity index (χ0n) is 9.55. The molecule has 0 aromatic heterocycles. The van der Waals surface area contributed by atoms with E-state index in [1.165, 1.54) is 0 Å². The number of carbonyl (C=O) groups is 1. The Kier molecular flexibility index (Phi) is 3.91. The van der Waals surface area contributed by atoms with E-state index >= 15 is 0 Å². The summed E-state index contributed by atoms with van der Waals surface area (Å²) in [6.07, 6.45) is 0. The molecule has 5 heteroatoms. The molecule has 0 saturated carbocycles. The van der Waals surface area contributed by atoms with E-state index in [-0.39, 0.29) is 23.1 Å². The van der Waals surface area contributed by atoms with E-state index in [9.17, 15) is 9.90 Å². The Morgan fingerprint density at radius 1 is 1.65 bits per heavy atom. The molecule has 17 heavy (non-hydrogen) atoms. The number of carbonyl (C=O) groups excluding carboxylic acids is 1. The van der Waals surface area contributed by atoms with Gasteiger partial charge in [-0.05, 0) is 24.6 Å². The van der Waals surface area contributed by atoms with Gasteiger partial charge in [-0.1, -0.05) is 12.1 Å². The minimum Gasteiger partial charge on any atom is -0.508 e. The molecule has 0 radical (unpaired) electrons. The van der Waals surface area contributed by atoms with Crippen LogP contribution in [0, 0.1) is 0 Å². The highest BCUT2D eigenvalue weighted by atomic mass is 32.2. The number of phenols is 1. The van der Waals surface area contributed by atoms with Crippen molar-refractivity contribution < 1.29 is 14.6 Å². The van der Waals surface area contributed by atoms with Crippen molar-refractivity contribution in [3.8, 4) is 5.75 Å². The minimum atomic E-state index is -0.257. The van der Waals surface area contributed by atoms with Crippen LogP contribution in [-0.4, -0.2) is 29.5 Å². The summed E-state index contributed by atoms with van der Waals surface area (Å²) < 4.78 is 4.97. The second kappa shape index (κ2) is 5.42. The number of thioether (sulfide) groups is 1. The second-order valence-electron chi connectivity index (χ2n) is 3.78. The van der Waals surface area contributed by atoms with E-state index in [0.717, 1.165) is 5.56 Å². The number of ether oxygens (including phenoxy) is 1. The Morgan fingerprint density at radius 2 is 2.47 bits per heavy atom. The van der Waals surface area contributed by atoms with Crippen molar-refractivity contribution in [1.82, 2.24) is 5.32 Å². The molecule has 1 heterocycles. The molecule has 1 aromatic rings.